The lowest BCUT2D eigenvalue weighted by atomic mass is 10.1. The van der Waals surface area contributed by atoms with Gasteiger partial charge in [0, 0.05) is 19.5 Å². The summed E-state index contributed by atoms with van der Waals surface area (Å²) in [6.07, 6.45) is 2.31. The highest BCUT2D eigenvalue weighted by Crippen LogP contribution is 2.25. The Balaban J connectivity index is 1.94. The first kappa shape index (κ1) is 10.8. The summed E-state index contributed by atoms with van der Waals surface area (Å²) in [6.45, 7) is 1.52. The van der Waals surface area contributed by atoms with Crippen molar-refractivity contribution in [3.63, 3.8) is 0 Å². The van der Waals surface area contributed by atoms with Gasteiger partial charge in [-0.3, -0.25) is 4.79 Å². The molecule has 1 amide bonds. The number of aromatic hydroxyl groups is 2. The molecular weight excluding hydrogens is 206 g/mol. The SMILES string of the molecule is O=C1CCCN1CCc1ccc(O)c(O)c1. The molecule has 4 nitrogen and oxygen atoms in total. The predicted molar refractivity (Wildman–Crippen MR) is 59.3 cm³/mol. The van der Waals surface area contributed by atoms with E-state index in [0.717, 1.165) is 18.5 Å². The minimum atomic E-state index is -0.110. The van der Waals surface area contributed by atoms with Crippen LogP contribution in [0.15, 0.2) is 18.2 Å². The van der Waals surface area contributed by atoms with Crippen molar-refractivity contribution in [3.05, 3.63) is 23.8 Å². The zero-order chi connectivity index (χ0) is 11.5. The maximum absolute atomic E-state index is 11.4. The molecule has 0 radical (unpaired) electrons. The van der Waals surface area contributed by atoms with Gasteiger partial charge in [-0.15, -0.1) is 0 Å². The Morgan fingerprint density at radius 1 is 1.25 bits per heavy atom. The van der Waals surface area contributed by atoms with Crippen LogP contribution in [0.1, 0.15) is 18.4 Å². The van der Waals surface area contributed by atoms with Gasteiger partial charge >= 0.3 is 0 Å². The second-order valence-corrected chi connectivity index (χ2v) is 4.06. The van der Waals surface area contributed by atoms with Gasteiger partial charge in [0.2, 0.25) is 5.91 Å². The number of carbonyl (C=O) groups excluding carboxylic acids is 1. The number of hydrogen-bond donors (Lipinski definition) is 2. The Morgan fingerprint density at radius 3 is 2.69 bits per heavy atom. The van der Waals surface area contributed by atoms with E-state index in [1.165, 1.54) is 12.1 Å². The van der Waals surface area contributed by atoms with Crippen LogP contribution in [-0.4, -0.2) is 34.1 Å². The van der Waals surface area contributed by atoms with E-state index in [-0.39, 0.29) is 17.4 Å². The van der Waals surface area contributed by atoms with Gasteiger partial charge in [-0.1, -0.05) is 6.07 Å². The number of phenolic OH excluding ortho intramolecular Hbond substituents is 2. The van der Waals surface area contributed by atoms with Crippen molar-refractivity contribution in [2.75, 3.05) is 13.1 Å². The Kier molecular flexibility index (Phi) is 2.99. The lowest BCUT2D eigenvalue weighted by Crippen LogP contribution is -2.26. The number of nitrogens with zero attached hydrogens (tertiary/aromatic N) is 1. The Bertz CT molecular complexity index is 403. The molecule has 1 heterocycles. The zero-order valence-electron chi connectivity index (χ0n) is 9.02. The maximum atomic E-state index is 11.4. The molecule has 1 saturated heterocycles. The number of hydrogen-bond acceptors (Lipinski definition) is 3. The highest BCUT2D eigenvalue weighted by atomic mass is 16.3. The van der Waals surface area contributed by atoms with E-state index in [2.05, 4.69) is 0 Å². The van der Waals surface area contributed by atoms with Crippen LogP contribution in [-0.2, 0) is 11.2 Å². The highest BCUT2D eigenvalue weighted by Gasteiger charge is 2.19. The van der Waals surface area contributed by atoms with Gasteiger partial charge in [-0.25, -0.2) is 0 Å². The van der Waals surface area contributed by atoms with Crippen LogP contribution >= 0.6 is 0 Å². The summed E-state index contributed by atoms with van der Waals surface area (Å²) < 4.78 is 0. The molecule has 86 valence electrons. The lowest BCUT2D eigenvalue weighted by molar-refractivity contribution is -0.127. The van der Waals surface area contributed by atoms with Gasteiger partial charge < -0.3 is 15.1 Å². The summed E-state index contributed by atoms with van der Waals surface area (Å²) in [7, 11) is 0. The number of likely N-dealkylation sites (tertiary alicyclic amines) is 1. The van der Waals surface area contributed by atoms with E-state index in [1.807, 2.05) is 4.90 Å². The van der Waals surface area contributed by atoms with Gasteiger partial charge in [-0.05, 0) is 30.5 Å². The number of benzene rings is 1. The van der Waals surface area contributed by atoms with Crippen LogP contribution in [0.3, 0.4) is 0 Å². The minimum absolute atomic E-state index is 0.106. The summed E-state index contributed by atoms with van der Waals surface area (Å²) >= 11 is 0. The van der Waals surface area contributed by atoms with Gasteiger partial charge in [0.1, 0.15) is 0 Å². The molecule has 1 aliphatic heterocycles. The molecule has 1 fully saturated rings. The highest BCUT2D eigenvalue weighted by molar-refractivity contribution is 5.78. The second-order valence-electron chi connectivity index (χ2n) is 4.06. The van der Waals surface area contributed by atoms with Crippen molar-refractivity contribution in [2.24, 2.45) is 0 Å². The van der Waals surface area contributed by atoms with E-state index in [9.17, 15) is 9.90 Å². The fourth-order valence-corrected chi connectivity index (χ4v) is 1.93. The summed E-state index contributed by atoms with van der Waals surface area (Å²) in [5.41, 5.74) is 0.926. The number of rotatable bonds is 3. The van der Waals surface area contributed by atoms with Crippen molar-refractivity contribution in [2.45, 2.75) is 19.3 Å². The van der Waals surface area contributed by atoms with Crippen LogP contribution in [0.25, 0.3) is 0 Å². The fraction of sp³-hybridized carbons (Fsp3) is 0.417. The van der Waals surface area contributed by atoms with Crippen LogP contribution in [0.4, 0.5) is 0 Å². The van der Waals surface area contributed by atoms with Crippen molar-refractivity contribution in [1.82, 2.24) is 4.90 Å². The topological polar surface area (TPSA) is 60.8 Å². The summed E-state index contributed by atoms with van der Waals surface area (Å²) in [4.78, 5) is 13.2. The van der Waals surface area contributed by atoms with Crippen molar-refractivity contribution < 1.29 is 15.0 Å². The second kappa shape index (κ2) is 4.43. The van der Waals surface area contributed by atoms with Crippen molar-refractivity contribution in [3.8, 4) is 11.5 Å². The van der Waals surface area contributed by atoms with Crippen LogP contribution in [0, 0.1) is 0 Å². The first-order valence-corrected chi connectivity index (χ1v) is 5.45. The van der Waals surface area contributed by atoms with E-state index < -0.39 is 0 Å². The van der Waals surface area contributed by atoms with Gasteiger partial charge in [-0.2, -0.15) is 0 Å². The van der Waals surface area contributed by atoms with Crippen molar-refractivity contribution in [1.29, 1.82) is 0 Å². The van der Waals surface area contributed by atoms with E-state index >= 15 is 0 Å². The first-order valence-electron chi connectivity index (χ1n) is 5.45. The molecule has 0 spiro atoms. The average molecular weight is 221 g/mol. The van der Waals surface area contributed by atoms with E-state index in [0.29, 0.717) is 19.4 Å². The number of phenols is 2. The van der Waals surface area contributed by atoms with Crippen LogP contribution in [0.5, 0.6) is 11.5 Å². The molecule has 0 unspecified atom stereocenters. The average Bonchev–Trinajstić information content (AvgIpc) is 2.66. The number of carbonyl (C=O) groups is 1. The van der Waals surface area contributed by atoms with Gasteiger partial charge in [0.25, 0.3) is 0 Å². The Hall–Kier alpha value is -1.71. The van der Waals surface area contributed by atoms with E-state index in [1.54, 1.807) is 6.07 Å². The molecule has 0 aliphatic carbocycles. The fourth-order valence-electron chi connectivity index (χ4n) is 1.93. The summed E-state index contributed by atoms with van der Waals surface area (Å²) in [6, 6.07) is 4.77. The third-order valence-corrected chi connectivity index (χ3v) is 2.88. The van der Waals surface area contributed by atoms with Gasteiger partial charge in [0.15, 0.2) is 11.5 Å². The maximum Gasteiger partial charge on any atom is 0.222 e. The lowest BCUT2D eigenvalue weighted by Gasteiger charge is -2.15. The molecule has 1 aromatic carbocycles. The Labute approximate surface area is 94.1 Å². The third-order valence-electron chi connectivity index (χ3n) is 2.88. The van der Waals surface area contributed by atoms with Gasteiger partial charge in [0.05, 0.1) is 0 Å². The largest absolute Gasteiger partial charge is 0.504 e. The molecule has 2 N–H and O–H groups in total. The molecule has 16 heavy (non-hydrogen) atoms. The minimum Gasteiger partial charge on any atom is -0.504 e. The smallest absolute Gasteiger partial charge is 0.222 e. The molecule has 0 aromatic heterocycles. The summed E-state index contributed by atoms with van der Waals surface area (Å²) in [5.74, 6) is -0.00533. The molecule has 0 atom stereocenters. The monoisotopic (exact) mass is 221 g/mol. The molecule has 2 rings (SSSR count). The molecular formula is C12H15NO3. The van der Waals surface area contributed by atoms with Crippen molar-refractivity contribution >= 4 is 5.91 Å². The standard InChI is InChI=1S/C12H15NO3/c14-10-4-3-9(8-11(10)15)5-7-13-6-1-2-12(13)16/h3-4,8,14-15H,1-2,5-7H2. The zero-order valence-corrected chi connectivity index (χ0v) is 9.02. The summed E-state index contributed by atoms with van der Waals surface area (Å²) in [5, 5.41) is 18.5. The third kappa shape index (κ3) is 2.27. The normalized spacial score (nSPS) is 15.8. The molecule has 0 saturated carbocycles. The molecule has 1 aromatic rings. The molecule has 4 heteroatoms. The first-order chi connectivity index (χ1) is 7.66. The molecule has 1 aliphatic rings. The predicted octanol–water partition coefficient (Wildman–Crippen LogP) is 1.26. The molecule has 0 bridgehead atoms. The number of amides is 1. The van der Waals surface area contributed by atoms with Crippen LogP contribution < -0.4 is 0 Å². The quantitative estimate of drug-likeness (QED) is 0.755. The van der Waals surface area contributed by atoms with Crippen LogP contribution in [0.2, 0.25) is 0 Å². The Morgan fingerprint density at radius 2 is 2.06 bits per heavy atom. The van der Waals surface area contributed by atoms with E-state index in [4.69, 9.17) is 5.11 Å².